The van der Waals surface area contributed by atoms with Crippen LogP contribution in [-0.4, -0.2) is 73.6 Å². The van der Waals surface area contributed by atoms with Crippen molar-refractivity contribution in [3.05, 3.63) is 61.6 Å². The van der Waals surface area contributed by atoms with Gasteiger partial charge in [0.1, 0.15) is 20.8 Å². The number of piperazine rings is 1. The highest BCUT2D eigenvalue weighted by atomic mass is 79.9. The monoisotopic (exact) mass is 692 g/mol. The van der Waals surface area contributed by atoms with Crippen LogP contribution in [0.15, 0.2) is 40.4 Å². The molecule has 0 unspecified atom stereocenters. The molecule has 1 fully saturated rings. The zero-order valence-electron chi connectivity index (χ0n) is 23.0. The summed E-state index contributed by atoms with van der Waals surface area (Å²) in [5.41, 5.74) is 2.33. The molecule has 42 heavy (non-hydrogen) atoms. The van der Waals surface area contributed by atoms with Gasteiger partial charge in [-0.3, -0.25) is 9.59 Å². The lowest BCUT2D eigenvalue weighted by Crippen LogP contribution is -2.46. The van der Waals surface area contributed by atoms with E-state index in [1.807, 2.05) is 12.1 Å². The molecule has 14 heteroatoms. The first kappa shape index (κ1) is 30.3. The molecule has 0 bridgehead atoms. The van der Waals surface area contributed by atoms with Crippen molar-refractivity contribution in [1.29, 1.82) is 0 Å². The summed E-state index contributed by atoms with van der Waals surface area (Å²) in [6, 6.07) is 7.53. The lowest BCUT2D eigenvalue weighted by atomic mass is 10.1. The number of anilines is 3. The Morgan fingerprint density at radius 1 is 0.976 bits per heavy atom. The third-order valence-electron chi connectivity index (χ3n) is 7.03. The fraction of sp³-hybridized carbons (Fsp3) is 0.286. The summed E-state index contributed by atoms with van der Waals surface area (Å²) in [7, 11) is 2.88. The van der Waals surface area contributed by atoms with Crippen molar-refractivity contribution >= 4 is 89.7 Å². The number of nitrogens with zero attached hydrogens (tertiary/aromatic N) is 4. The molecule has 0 spiro atoms. The van der Waals surface area contributed by atoms with Crippen LogP contribution in [0.2, 0.25) is 10.0 Å². The molecule has 0 aliphatic carbocycles. The second-order valence-corrected chi connectivity index (χ2v) is 11.7. The summed E-state index contributed by atoms with van der Waals surface area (Å²) < 4.78 is 11.7. The molecule has 2 aromatic carbocycles. The van der Waals surface area contributed by atoms with Gasteiger partial charge >= 0.3 is 0 Å². The van der Waals surface area contributed by atoms with Crippen LogP contribution in [0.25, 0.3) is 10.2 Å². The number of aromatic nitrogens is 2. The van der Waals surface area contributed by atoms with Gasteiger partial charge in [0.2, 0.25) is 0 Å². The number of halogens is 3. The number of rotatable bonds is 8. The molecule has 0 saturated carbocycles. The van der Waals surface area contributed by atoms with Gasteiger partial charge in [-0.1, -0.05) is 30.1 Å². The van der Waals surface area contributed by atoms with E-state index in [1.165, 1.54) is 31.9 Å². The third kappa shape index (κ3) is 5.86. The maximum Gasteiger partial charge on any atom is 0.258 e. The van der Waals surface area contributed by atoms with Crippen molar-refractivity contribution in [2.75, 3.05) is 62.5 Å². The number of hydrogen-bond acceptors (Lipinski definition) is 9. The van der Waals surface area contributed by atoms with Gasteiger partial charge in [0.15, 0.2) is 17.3 Å². The zero-order chi connectivity index (χ0) is 30.0. The Kier molecular flexibility index (Phi) is 9.38. The van der Waals surface area contributed by atoms with Gasteiger partial charge in [0.05, 0.1) is 35.7 Å². The van der Waals surface area contributed by atoms with Crippen molar-refractivity contribution in [2.45, 2.75) is 6.92 Å². The molecule has 3 heterocycles. The van der Waals surface area contributed by atoms with Crippen LogP contribution in [0.1, 0.15) is 27.6 Å². The molecule has 4 aromatic rings. The molecule has 0 atom stereocenters. The van der Waals surface area contributed by atoms with E-state index < -0.39 is 5.91 Å². The molecule has 1 saturated heterocycles. The first-order valence-electron chi connectivity index (χ1n) is 13.0. The van der Waals surface area contributed by atoms with Crippen molar-refractivity contribution in [1.82, 2.24) is 14.9 Å². The lowest BCUT2D eigenvalue weighted by Gasteiger charge is -2.35. The van der Waals surface area contributed by atoms with Gasteiger partial charge < -0.3 is 29.9 Å². The zero-order valence-corrected chi connectivity index (χ0v) is 26.9. The molecule has 0 radical (unpaired) electrons. The predicted molar refractivity (Wildman–Crippen MR) is 171 cm³/mol. The Balaban J connectivity index is 1.34. The average molecular weight is 694 g/mol. The predicted octanol–water partition coefficient (Wildman–Crippen LogP) is 6.42. The standard InChI is InChI=1S/C28H27BrCl2N6O4S/c1-4-36-9-11-37(12-10-36)16-7-5-15(6-8-16)27(38)35-26-25-21(32-14-33-26)17(13-42-25)28(39)34-22-19(30)23(40-2)18(29)24(41-3)20(22)31/h5-8,13-14H,4,9-12H2,1-3H3,(H,34,39)(H,32,33,35,38). The number of carbonyl (C=O) groups is 2. The van der Waals surface area contributed by atoms with Crippen molar-refractivity contribution in [3.8, 4) is 11.5 Å². The molecule has 2 N–H and O–H groups in total. The summed E-state index contributed by atoms with van der Waals surface area (Å²) in [4.78, 5) is 39.8. The molecular weight excluding hydrogens is 667 g/mol. The van der Waals surface area contributed by atoms with Crippen LogP contribution in [0, 0.1) is 0 Å². The first-order valence-corrected chi connectivity index (χ1v) is 15.4. The van der Waals surface area contributed by atoms with Crippen LogP contribution in [0.5, 0.6) is 11.5 Å². The Bertz CT molecular complexity index is 1610. The minimum absolute atomic E-state index is 0.0971. The number of ether oxygens (including phenoxy) is 2. The first-order chi connectivity index (χ1) is 20.3. The Hall–Kier alpha value is -3.16. The molecule has 10 nitrogen and oxygen atoms in total. The number of amides is 2. The average Bonchev–Trinajstić information content (AvgIpc) is 3.45. The van der Waals surface area contributed by atoms with Crippen LogP contribution < -0.4 is 25.0 Å². The maximum absolute atomic E-state index is 13.4. The van der Waals surface area contributed by atoms with E-state index in [-0.39, 0.29) is 38.7 Å². The molecular formula is C28H27BrCl2N6O4S. The fourth-order valence-electron chi connectivity index (χ4n) is 4.69. The fourth-order valence-corrected chi connectivity index (χ4v) is 7.26. The van der Waals surface area contributed by atoms with Crippen LogP contribution >= 0.6 is 50.5 Å². The Labute approximate surface area is 265 Å². The third-order valence-corrected chi connectivity index (χ3v) is 9.44. The second-order valence-electron chi connectivity index (χ2n) is 9.31. The van der Waals surface area contributed by atoms with E-state index in [0.717, 1.165) is 38.4 Å². The van der Waals surface area contributed by atoms with Crippen molar-refractivity contribution < 1.29 is 19.1 Å². The van der Waals surface area contributed by atoms with Gasteiger partial charge in [0, 0.05) is 42.8 Å². The smallest absolute Gasteiger partial charge is 0.258 e. The summed E-state index contributed by atoms with van der Waals surface area (Å²) in [6.07, 6.45) is 1.30. The molecule has 2 amide bonds. The van der Waals surface area contributed by atoms with Gasteiger partial charge in [0.25, 0.3) is 11.8 Å². The molecule has 1 aliphatic heterocycles. The highest BCUT2D eigenvalue weighted by Gasteiger charge is 2.26. The quantitative estimate of drug-likeness (QED) is 0.218. The van der Waals surface area contributed by atoms with Crippen LogP contribution in [0.3, 0.4) is 0 Å². The normalized spacial score (nSPS) is 13.7. The second kappa shape index (κ2) is 13.0. The van der Waals surface area contributed by atoms with E-state index in [9.17, 15) is 9.59 Å². The van der Waals surface area contributed by atoms with E-state index in [4.69, 9.17) is 32.7 Å². The minimum Gasteiger partial charge on any atom is -0.494 e. The summed E-state index contributed by atoms with van der Waals surface area (Å²) in [6.45, 7) is 7.18. The van der Waals surface area contributed by atoms with Gasteiger partial charge in [-0.05, 0) is 46.7 Å². The lowest BCUT2D eigenvalue weighted by molar-refractivity contribution is 0.101. The molecule has 220 valence electrons. The van der Waals surface area contributed by atoms with Crippen LogP contribution in [-0.2, 0) is 0 Å². The number of thiophene rings is 1. The van der Waals surface area contributed by atoms with Gasteiger partial charge in [-0.15, -0.1) is 11.3 Å². The number of benzene rings is 2. The number of methoxy groups -OCH3 is 2. The largest absolute Gasteiger partial charge is 0.494 e. The van der Waals surface area contributed by atoms with E-state index in [1.54, 1.807) is 17.5 Å². The van der Waals surface area contributed by atoms with E-state index >= 15 is 0 Å². The number of fused-ring (bicyclic) bond motifs is 1. The highest BCUT2D eigenvalue weighted by molar-refractivity contribution is 9.10. The molecule has 1 aliphatic rings. The summed E-state index contributed by atoms with van der Waals surface area (Å²) >= 11 is 17.6. The maximum atomic E-state index is 13.4. The Morgan fingerprint density at radius 2 is 1.62 bits per heavy atom. The van der Waals surface area contributed by atoms with E-state index in [0.29, 0.717) is 26.1 Å². The minimum atomic E-state index is -0.511. The topological polar surface area (TPSA) is 109 Å². The molecule has 2 aromatic heterocycles. The van der Waals surface area contributed by atoms with E-state index in [2.05, 4.69) is 53.3 Å². The van der Waals surface area contributed by atoms with Crippen molar-refractivity contribution in [3.63, 3.8) is 0 Å². The summed E-state index contributed by atoms with van der Waals surface area (Å²) in [5, 5.41) is 7.43. The summed E-state index contributed by atoms with van der Waals surface area (Å²) in [5.74, 6) is -0.0188. The molecule has 5 rings (SSSR count). The van der Waals surface area contributed by atoms with Gasteiger partial charge in [-0.25, -0.2) is 9.97 Å². The Morgan fingerprint density at radius 3 is 2.21 bits per heavy atom. The number of carbonyl (C=O) groups excluding carboxylic acids is 2. The number of nitrogens with one attached hydrogen (secondary N) is 2. The number of likely N-dealkylation sites (N-methyl/N-ethyl adjacent to an activating group) is 1. The van der Waals surface area contributed by atoms with Crippen LogP contribution in [0.4, 0.5) is 17.2 Å². The van der Waals surface area contributed by atoms with Crippen molar-refractivity contribution in [2.24, 2.45) is 0 Å². The van der Waals surface area contributed by atoms with Gasteiger partial charge in [-0.2, -0.15) is 0 Å². The number of hydrogen-bond donors (Lipinski definition) is 2. The highest BCUT2D eigenvalue weighted by Crippen LogP contribution is 2.50. The SMILES string of the molecule is CCN1CCN(c2ccc(C(=O)Nc3ncnc4c(C(=O)Nc5c(Cl)c(OC)c(Br)c(OC)c5Cl)csc34)cc2)CC1.